The summed E-state index contributed by atoms with van der Waals surface area (Å²) in [5, 5.41) is 3.89. The van der Waals surface area contributed by atoms with Crippen LogP contribution in [0.5, 0.6) is 5.75 Å². The van der Waals surface area contributed by atoms with Gasteiger partial charge in [-0.15, -0.1) is 0 Å². The van der Waals surface area contributed by atoms with E-state index >= 15 is 0 Å². The summed E-state index contributed by atoms with van der Waals surface area (Å²) in [6.45, 7) is 4.00. The number of rotatable bonds is 5. The quantitative estimate of drug-likeness (QED) is 0.644. The van der Waals surface area contributed by atoms with Gasteiger partial charge >= 0.3 is 0 Å². The number of benzene rings is 1. The molecule has 1 atom stereocenters. The molecule has 3 aromatic rings. The number of ether oxygens (including phenoxy) is 1. The minimum atomic E-state index is -0.478. The Balaban J connectivity index is 1.70. The molecule has 124 valence electrons. The fourth-order valence-electron chi connectivity index (χ4n) is 2.32. The van der Waals surface area contributed by atoms with Gasteiger partial charge in [-0.05, 0) is 36.2 Å². The van der Waals surface area contributed by atoms with E-state index in [1.165, 1.54) is 0 Å². The van der Waals surface area contributed by atoms with Crippen molar-refractivity contribution in [2.24, 2.45) is 0 Å². The van der Waals surface area contributed by atoms with Crippen molar-refractivity contribution in [2.75, 3.05) is 0 Å². The zero-order chi connectivity index (χ0) is 17.1. The first-order chi connectivity index (χ1) is 11.5. The predicted molar refractivity (Wildman–Crippen MR) is 86.5 cm³/mol. The normalized spacial score (nSPS) is 12.2. The fraction of sp³-hybridized carbons (Fsp3) is 0.235. The van der Waals surface area contributed by atoms with Crippen LogP contribution in [0.3, 0.4) is 0 Å². The van der Waals surface area contributed by atoms with Crippen LogP contribution in [0.1, 0.15) is 35.6 Å². The van der Waals surface area contributed by atoms with E-state index < -0.39 is 5.82 Å². The van der Waals surface area contributed by atoms with Crippen LogP contribution in [0.2, 0.25) is 5.28 Å². The summed E-state index contributed by atoms with van der Waals surface area (Å²) in [5.41, 5.74) is 1.89. The molecular weight excluding hydrogens is 333 g/mol. The van der Waals surface area contributed by atoms with Crippen LogP contribution in [0.15, 0.2) is 41.1 Å². The van der Waals surface area contributed by atoms with Gasteiger partial charge in [-0.3, -0.25) is 0 Å². The highest BCUT2D eigenvalue weighted by atomic mass is 35.5. The molecule has 0 fully saturated rings. The van der Waals surface area contributed by atoms with Crippen molar-refractivity contribution < 1.29 is 13.7 Å². The Morgan fingerprint density at radius 1 is 1.29 bits per heavy atom. The predicted octanol–water partition coefficient (Wildman–Crippen LogP) is 4.30. The molecule has 2 aromatic heterocycles. The summed E-state index contributed by atoms with van der Waals surface area (Å²) in [6, 6.07) is 9.18. The SMILES string of the molecule is Cc1cc(COc2ccc(C(C)c3nc(Cl)ncc3F)cc2)no1. The van der Waals surface area contributed by atoms with Crippen LogP contribution in [0, 0.1) is 12.7 Å². The maximum absolute atomic E-state index is 13.9. The molecule has 2 heterocycles. The molecule has 0 radical (unpaired) electrons. The lowest BCUT2D eigenvalue weighted by molar-refractivity contribution is 0.288. The Kier molecular flexibility index (Phi) is 4.76. The molecule has 0 N–H and O–H groups in total. The van der Waals surface area contributed by atoms with Gasteiger partial charge in [-0.1, -0.05) is 24.2 Å². The third kappa shape index (κ3) is 3.71. The number of aromatic nitrogens is 3. The van der Waals surface area contributed by atoms with Crippen molar-refractivity contribution in [3.63, 3.8) is 0 Å². The second kappa shape index (κ2) is 6.97. The minimum Gasteiger partial charge on any atom is -0.487 e. The van der Waals surface area contributed by atoms with Gasteiger partial charge in [0.15, 0.2) is 5.82 Å². The molecular formula is C17H15ClFN3O2. The van der Waals surface area contributed by atoms with Crippen LogP contribution in [0.25, 0.3) is 0 Å². The van der Waals surface area contributed by atoms with E-state index in [0.29, 0.717) is 12.4 Å². The monoisotopic (exact) mass is 347 g/mol. The highest BCUT2D eigenvalue weighted by Gasteiger charge is 2.16. The van der Waals surface area contributed by atoms with Crippen molar-refractivity contribution in [1.29, 1.82) is 0 Å². The van der Waals surface area contributed by atoms with E-state index in [1.54, 1.807) is 0 Å². The Morgan fingerprint density at radius 3 is 2.71 bits per heavy atom. The maximum Gasteiger partial charge on any atom is 0.222 e. The molecule has 0 amide bonds. The van der Waals surface area contributed by atoms with Crippen molar-refractivity contribution >= 4 is 11.6 Å². The van der Waals surface area contributed by atoms with Gasteiger partial charge in [0.2, 0.25) is 5.28 Å². The van der Waals surface area contributed by atoms with Crippen LogP contribution in [0.4, 0.5) is 4.39 Å². The van der Waals surface area contributed by atoms with Gasteiger partial charge in [-0.25, -0.2) is 14.4 Å². The molecule has 0 aliphatic rings. The average Bonchev–Trinajstić information content (AvgIpc) is 3.00. The molecule has 0 aliphatic carbocycles. The number of halogens is 2. The van der Waals surface area contributed by atoms with Crippen molar-refractivity contribution in [3.05, 3.63) is 70.3 Å². The van der Waals surface area contributed by atoms with Crippen LogP contribution >= 0.6 is 11.6 Å². The van der Waals surface area contributed by atoms with Crippen LogP contribution in [-0.4, -0.2) is 15.1 Å². The molecule has 1 aromatic carbocycles. The first-order valence-electron chi connectivity index (χ1n) is 7.36. The second-order valence-electron chi connectivity index (χ2n) is 5.38. The molecule has 1 unspecified atom stereocenters. The van der Waals surface area contributed by atoms with Gasteiger partial charge in [0.1, 0.15) is 23.8 Å². The van der Waals surface area contributed by atoms with E-state index in [0.717, 1.165) is 23.2 Å². The van der Waals surface area contributed by atoms with Gasteiger partial charge in [-0.2, -0.15) is 0 Å². The van der Waals surface area contributed by atoms with Gasteiger partial charge in [0.05, 0.1) is 11.9 Å². The Bertz CT molecular complexity index is 836. The number of aryl methyl sites for hydroxylation is 1. The summed E-state index contributed by atoms with van der Waals surface area (Å²) in [4.78, 5) is 7.61. The summed E-state index contributed by atoms with van der Waals surface area (Å²) in [5.74, 6) is 0.697. The largest absolute Gasteiger partial charge is 0.487 e. The average molecular weight is 348 g/mol. The topological polar surface area (TPSA) is 61.0 Å². The highest BCUT2D eigenvalue weighted by molar-refractivity contribution is 6.28. The van der Waals surface area contributed by atoms with Crippen molar-refractivity contribution in [1.82, 2.24) is 15.1 Å². The molecule has 0 bridgehead atoms. The molecule has 0 spiro atoms. The summed E-state index contributed by atoms with van der Waals surface area (Å²) in [6.07, 6.45) is 1.08. The minimum absolute atomic E-state index is 0.0288. The third-order valence-electron chi connectivity index (χ3n) is 3.60. The molecule has 5 nitrogen and oxygen atoms in total. The van der Waals surface area contributed by atoms with Gasteiger partial charge in [0.25, 0.3) is 0 Å². The molecule has 7 heteroatoms. The maximum atomic E-state index is 13.9. The highest BCUT2D eigenvalue weighted by Crippen LogP contribution is 2.27. The zero-order valence-corrected chi connectivity index (χ0v) is 13.9. The van der Waals surface area contributed by atoms with E-state index in [2.05, 4.69) is 15.1 Å². The first-order valence-corrected chi connectivity index (χ1v) is 7.73. The molecule has 24 heavy (non-hydrogen) atoms. The molecule has 0 saturated carbocycles. The summed E-state index contributed by atoms with van der Waals surface area (Å²) in [7, 11) is 0. The van der Waals surface area contributed by atoms with E-state index in [9.17, 15) is 4.39 Å². The zero-order valence-electron chi connectivity index (χ0n) is 13.2. The number of hydrogen-bond acceptors (Lipinski definition) is 5. The lowest BCUT2D eigenvalue weighted by Gasteiger charge is -2.13. The van der Waals surface area contributed by atoms with Gasteiger partial charge in [0, 0.05) is 12.0 Å². The van der Waals surface area contributed by atoms with E-state index in [4.69, 9.17) is 20.9 Å². The third-order valence-corrected chi connectivity index (χ3v) is 3.78. The van der Waals surface area contributed by atoms with Crippen molar-refractivity contribution in [3.8, 4) is 5.75 Å². The lowest BCUT2D eigenvalue weighted by atomic mass is 9.97. The first kappa shape index (κ1) is 16.4. The Hall–Kier alpha value is -2.47. The van der Waals surface area contributed by atoms with Gasteiger partial charge < -0.3 is 9.26 Å². The number of nitrogens with zero attached hydrogens (tertiary/aromatic N) is 3. The van der Waals surface area contributed by atoms with Crippen LogP contribution < -0.4 is 4.74 Å². The fourth-order valence-corrected chi connectivity index (χ4v) is 2.46. The smallest absolute Gasteiger partial charge is 0.222 e. The molecule has 0 aliphatic heterocycles. The van der Waals surface area contributed by atoms with Crippen LogP contribution in [-0.2, 0) is 6.61 Å². The molecule has 0 saturated heterocycles. The van der Waals surface area contributed by atoms with Crippen molar-refractivity contribution in [2.45, 2.75) is 26.4 Å². The lowest BCUT2D eigenvalue weighted by Crippen LogP contribution is -2.04. The standard InChI is InChI=1S/C17H15ClFN3O2/c1-10-7-13(22-24-10)9-23-14-5-3-12(4-6-14)11(2)16-15(19)8-20-17(18)21-16/h3-8,11H,9H2,1-2H3. The summed E-state index contributed by atoms with van der Waals surface area (Å²) < 4.78 is 24.5. The summed E-state index contributed by atoms with van der Waals surface area (Å²) >= 11 is 5.75. The molecule has 3 rings (SSSR count). The Labute approximate surface area is 143 Å². The Morgan fingerprint density at radius 2 is 2.04 bits per heavy atom. The second-order valence-corrected chi connectivity index (χ2v) is 5.72. The number of hydrogen-bond donors (Lipinski definition) is 0. The van der Waals surface area contributed by atoms with E-state index in [1.807, 2.05) is 44.2 Å². The van der Waals surface area contributed by atoms with E-state index in [-0.39, 0.29) is 16.9 Å².